The van der Waals surface area contributed by atoms with Crippen LogP contribution in [-0.4, -0.2) is 21.0 Å². The van der Waals surface area contributed by atoms with Crippen molar-refractivity contribution in [2.75, 3.05) is 0 Å². The largest absolute Gasteiger partial charge is 0.442 e. The number of fused-ring (bicyclic) bond motifs is 1. The Morgan fingerprint density at radius 2 is 1.76 bits per heavy atom. The number of rotatable bonds is 3. The lowest BCUT2D eigenvalue weighted by molar-refractivity contribution is -0.166. The summed E-state index contributed by atoms with van der Waals surface area (Å²) in [6, 6.07) is 7.06. The first-order valence-corrected chi connectivity index (χ1v) is 9.18. The van der Waals surface area contributed by atoms with Crippen LogP contribution in [0.25, 0.3) is 10.9 Å². The van der Waals surface area contributed by atoms with E-state index in [1.165, 1.54) is 32.1 Å². The van der Waals surface area contributed by atoms with E-state index in [9.17, 15) is 9.59 Å². The molecule has 1 heterocycles. The Bertz CT molecular complexity index is 863. The number of carbonyl (C=O) groups excluding carboxylic acids is 1. The van der Waals surface area contributed by atoms with Crippen molar-refractivity contribution in [3.63, 3.8) is 0 Å². The van der Waals surface area contributed by atoms with E-state index in [-0.39, 0.29) is 24.2 Å². The van der Waals surface area contributed by atoms with E-state index in [4.69, 9.17) is 4.74 Å². The highest BCUT2D eigenvalue weighted by Gasteiger charge is 2.51. The normalized spacial score (nSPS) is 32.9. The molecule has 0 N–H and O–H groups in total. The summed E-state index contributed by atoms with van der Waals surface area (Å²) in [6.45, 7) is -0.154. The van der Waals surface area contributed by atoms with Crippen molar-refractivity contribution in [1.29, 1.82) is 0 Å². The van der Waals surface area contributed by atoms with Gasteiger partial charge < -0.3 is 4.74 Å². The third-order valence-electron chi connectivity index (χ3n) is 6.46. The lowest BCUT2D eigenvalue weighted by atomic mass is 9.52. The van der Waals surface area contributed by atoms with E-state index in [1.54, 1.807) is 18.2 Å². The van der Waals surface area contributed by atoms with Gasteiger partial charge in [-0.1, -0.05) is 17.3 Å². The number of ether oxygens (including phenoxy) is 1. The van der Waals surface area contributed by atoms with Crippen LogP contribution in [0.5, 0.6) is 0 Å². The molecule has 6 rings (SSSR count). The van der Waals surface area contributed by atoms with Crippen molar-refractivity contribution in [2.45, 2.75) is 38.8 Å². The van der Waals surface area contributed by atoms with Gasteiger partial charge in [0, 0.05) is 0 Å². The lowest BCUT2D eigenvalue weighted by Gasteiger charge is -2.53. The number of hydrogen-bond donors (Lipinski definition) is 0. The summed E-state index contributed by atoms with van der Waals surface area (Å²) in [5.41, 5.74) is 0.277. The van der Waals surface area contributed by atoms with Gasteiger partial charge in [-0.2, -0.15) is 4.68 Å². The number of carbonyl (C=O) groups is 1. The van der Waals surface area contributed by atoms with Gasteiger partial charge in [-0.25, -0.2) is 0 Å². The lowest BCUT2D eigenvalue weighted by Crippen LogP contribution is -2.48. The minimum Gasteiger partial charge on any atom is -0.442 e. The predicted molar refractivity (Wildman–Crippen MR) is 90.4 cm³/mol. The highest BCUT2D eigenvalue weighted by molar-refractivity contribution is 5.76. The van der Waals surface area contributed by atoms with Crippen LogP contribution in [0.3, 0.4) is 0 Å². The SMILES string of the molecule is O=C(OCn1nnc2ccccc2c1=O)C1C2CC3CC(C2)CC1C3. The van der Waals surface area contributed by atoms with Gasteiger partial charge in [-0.3, -0.25) is 9.59 Å². The Labute approximate surface area is 145 Å². The fourth-order valence-electron chi connectivity index (χ4n) is 5.64. The van der Waals surface area contributed by atoms with Gasteiger partial charge >= 0.3 is 5.97 Å². The maximum atomic E-state index is 12.7. The number of hydrogen-bond acceptors (Lipinski definition) is 5. The molecule has 0 saturated heterocycles. The third kappa shape index (κ3) is 2.46. The van der Waals surface area contributed by atoms with Crippen LogP contribution in [0, 0.1) is 29.6 Å². The topological polar surface area (TPSA) is 74.1 Å². The Kier molecular flexibility index (Phi) is 3.40. The molecule has 1 aromatic heterocycles. The van der Waals surface area contributed by atoms with Gasteiger partial charge in [-0.05, 0) is 67.9 Å². The summed E-state index contributed by atoms with van der Waals surface area (Å²) in [7, 11) is 0. The minimum atomic E-state index is -0.275. The molecule has 4 bridgehead atoms. The predicted octanol–water partition coefficient (Wildman–Crippen LogP) is 2.36. The molecule has 4 fully saturated rings. The van der Waals surface area contributed by atoms with Crippen molar-refractivity contribution in [3.05, 3.63) is 34.6 Å². The number of nitrogens with zero attached hydrogens (tertiary/aromatic N) is 3. The molecule has 0 unspecified atom stereocenters. The van der Waals surface area contributed by atoms with E-state index in [1.807, 2.05) is 6.07 Å². The van der Waals surface area contributed by atoms with Crippen LogP contribution >= 0.6 is 0 Å². The molecule has 0 aliphatic heterocycles. The first kappa shape index (κ1) is 15.0. The Hall–Kier alpha value is -2.24. The highest BCUT2D eigenvalue weighted by atomic mass is 16.5. The maximum absolute atomic E-state index is 12.7. The summed E-state index contributed by atoms with van der Waals surface area (Å²) < 4.78 is 6.64. The molecule has 2 aromatic rings. The van der Waals surface area contributed by atoms with Crippen molar-refractivity contribution in [3.8, 4) is 0 Å². The minimum absolute atomic E-state index is 0.0110. The second kappa shape index (κ2) is 5.64. The van der Waals surface area contributed by atoms with Crippen LogP contribution in [0.4, 0.5) is 0 Å². The van der Waals surface area contributed by atoms with Gasteiger partial charge in [0.05, 0.1) is 11.3 Å². The second-order valence-corrected chi connectivity index (χ2v) is 7.96. The summed E-state index contributed by atoms with van der Waals surface area (Å²) in [5.74, 6) is 2.44. The molecule has 4 aliphatic rings. The van der Waals surface area contributed by atoms with E-state index < -0.39 is 0 Å². The molecule has 0 spiro atoms. The molecule has 6 nitrogen and oxygen atoms in total. The molecule has 0 radical (unpaired) electrons. The Morgan fingerprint density at radius 3 is 2.48 bits per heavy atom. The molecule has 0 atom stereocenters. The van der Waals surface area contributed by atoms with E-state index in [0.29, 0.717) is 22.7 Å². The Balaban J connectivity index is 1.32. The molecule has 1 aromatic carbocycles. The number of benzene rings is 1. The fourth-order valence-corrected chi connectivity index (χ4v) is 5.64. The second-order valence-electron chi connectivity index (χ2n) is 7.96. The molecule has 6 heteroatoms. The molecular formula is C19H21N3O3. The van der Waals surface area contributed by atoms with Crippen molar-refractivity contribution < 1.29 is 9.53 Å². The molecule has 4 saturated carbocycles. The van der Waals surface area contributed by atoms with Crippen LogP contribution in [0.15, 0.2) is 29.1 Å². The molecular weight excluding hydrogens is 318 g/mol. The average molecular weight is 339 g/mol. The van der Waals surface area contributed by atoms with Crippen molar-refractivity contribution >= 4 is 16.9 Å². The van der Waals surface area contributed by atoms with E-state index >= 15 is 0 Å². The van der Waals surface area contributed by atoms with Gasteiger partial charge in [-0.15, -0.1) is 5.10 Å². The first-order chi connectivity index (χ1) is 12.2. The summed E-state index contributed by atoms with van der Waals surface area (Å²) >= 11 is 0. The number of esters is 1. The van der Waals surface area contributed by atoms with Gasteiger partial charge in [0.2, 0.25) is 0 Å². The zero-order valence-corrected chi connectivity index (χ0v) is 14.0. The summed E-state index contributed by atoms with van der Waals surface area (Å²) in [5, 5.41) is 8.41. The smallest absolute Gasteiger partial charge is 0.311 e. The monoisotopic (exact) mass is 339 g/mol. The zero-order chi connectivity index (χ0) is 17.0. The molecule has 130 valence electrons. The third-order valence-corrected chi connectivity index (χ3v) is 6.46. The highest BCUT2D eigenvalue weighted by Crippen LogP contribution is 2.56. The number of aromatic nitrogens is 3. The standard InChI is InChI=1S/C19H21N3O3/c23-18-15-3-1-2-4-16(15)20-21-22(18)10-25-19(24)17-13-6-11-5-12(8-13)9-14(17)7-11/h1-4,11-14,17H,5-10H2. The van der Waals surface area contributed by atoms with E-state index in [0.717, 1.165) is 16.5 Å². The van der Waals surface area contributed by atoms with Crippen molar-refractivity contribution in [1.82, 2.24) is 15.0 Å². The van der Waals surface area contributed by atoms with Crippen LogP contribution in [-0.2, 0) is 16.3 Å². The first-order valence-electron chi connectivity index (χ1n) is 9.18. The molecule has 0 amide bonds. The summed E-state index contributed by atoms with van der Waals surface area (Å²) in [6.07, 6.45) is 6.03. The molecule has 25 heavy (non-hydrogen) atoms. The Morgan fingerprint density at radius 1 is 1.08 bits per heavy atom. The average Bonchev–Trinajstić information content (AvgIpc) is 2.60. The zero-order valence-electron chi connectivity index (χ0n) is 14.0. The molecule has 4 aliphatic carbocycles. The van der Waals surface area contributed by atoms with Gasteiger partial charge in [0.25, 0.3) is 5.56 Å². The van der Waals surface area contributed by atoms with Crippen LogP contribution in [0.1, 0.15) is 32.1 Å². The summed E-state index contributed by atoms with van der Waals surface area (Å²) in [4.78, 5) is 25.1. The van der Waals surface area contributed by atoms with Gasteiger partial charge in [0.1, 0.15) is 5.52 Å². The van der Waals surface area contributed by atoms with Crippen molar-refractivity contribution in [2.24, 2.45) is 29.6 Å². The quantitative estimate of drug-likeness (QED) is 0.803. The van der Waals surface area contributed by atoms with E-state index in [2.05, 4.69) is 10.3 Å². The maximum Gasteiger partial charge on any atom is 0.311 e. The van der Waals surface area contributed by atoms with Gasteiger partial charge in [0.15, 0.2) is 6.73 Å². The fraction of sp³-hybridized carbons (Fsp3) is 0.579. The van der Waals surface area contributed by atoms with Crippen LogP contribution < -0.4 is 5.56 Å². The van der Waals surface area contributed by atoms with Crippen LogP contribution in [0.2, 0.25) is 0 Å².